The zero-order valence-electron chi connectivity index (χ0n) is 21.3. The minimum Gasteiger partial charge on any atom is -0.328 e. The largest absolute Gasteiger partial charge is 0.328 e. The van der Waals surface area contributed by atoms with Gasteiger partial charge in [0.05, 0.1) is 11.8 Å². The minimum absolute atomic E-state index is 0.0302. The molecule has 1 fully saturated rings. The normalized spacial score (nSPS) is 18.4. The van der Waals surface area contributed by atoms with Gasteiger partial charge < -0.3 is 9.88 Å². The molecule has 1 aliphatic carbocycles. The summed E-state index contributed by atoms with van der Waals surface area (Å²) in [4.78, 5) is 33.9. The number of hydrogen-bond donors (Lipinski definition) is 1. The molecule has 1 aromatic carbocycles. The lowest BCUT2D eigenvalue weighted by molar-refractivity contribution is -0.125. The van der Waals surface area contributed by atoms with Gasteiger partial charge in [0, 0.05) is 30.5 Å². The number of pyridine rings is 1. The van der Waals surface area contributed by atoms with Crippen LogP contribution in [0.15, 0.2) is 30.7 Å². The SMILES string of the molecule is Cc1cnc(NC(=O)[C@H]2CCC[C@@H](CC(=O)C(C)C)C2)cc1-c1cc(F)c2ncn(C(C)C)c2c1. The van der Waals surface area contributed by atoms with Crippen LogP contribution in [0.4, 0.5) is 10.2 Å². The van der Waals surface area contributed by atoms with E-state index in [0.29, 0.717) is 17.8 Å². The van der Waals surface area contributed by atoms with Crippen molar-refractivity contribution in [3.8, 4) is 11.1 Å². The maximum absolute atomic E-state index is 14.9. The first-order chi connectivity index (χ1) is 16.6. The van der Waals surface area contributed by atoms with Gasteiger partial charge in [0.2, 0.25) is 5.91 Å². The van der Waals surface area contributed by atoms with E-state index in [0.717, 1.165) is 47.9 Å². The van der Waals surface area contributed by atoms with E-state index in [1.54, 1.807) is 12.5 Å². The predicted molar refractivity (Wildman–Crippen MR) is 137 cm³/mol. The molecule has 3 aromatic rings. The molecule has 1 aliphatic rings. The lowest BCUT2D eigenvalue weighted by Gasteiger charge is -2.28. The number of benzene rings is 1. The number of halogens is 1. The molecule has 4 rings (SSSR count). The van der Waals surface area contributed by atoms with Crippen molar-refractivity contribution in [1.29, 1.82) is 0 Å². The Labute approximate surface area is 206 Å². The molecule has 2 heterocycles. The van der Waals surface area contributed by atoms with E-state index in [1.807, 2.05) is 51.3 Å². The average molecular weight is 479 g/mol. The van der Waals surface area contributed by atoms with Gasteiger partial charge >= 0.3 is 0 Å². The summed E-state index contributed by atoms with van der Waals surface area (Å²) in [5, 5.41) is 2.98. The number of fused-ring (bicyclic) bond motifs is 1. The van der Waals surface area contributed by atoms with E-state index >= 15 is 0 Å². The number of carbonyl (C=O) groups excluding carboxylic acids is 2. The molecule has 186 valence electrons. The van der Waals surface area contributed by atoms with Crippen molar-refractivity contribution in [2.24, 2.45) is 17.8 Å². The third-order valence-electron chi connectivity index (χ3n) is 7.14. The van der Waals surface area contributed by atoms with Crippen LogP contribution in [0, 0.1) is 30.5 Å². The van der Waals surface area contributed by atoms with Crippen LogP contribution in [0.25, 0.3) is 22.2 Å². The van der Waals surface area contributed by atoms with E-state index in [-0.39, 0.29) is 41.3 Å². The fraction of sp³-hybridized carbons (Fsp3) is 0.500. The quantitative estimate of drug-likeness (QED) is 0.421. The molecule has 2 atom stereocenters. The van der Waals surface area contributed by atoms with Crippen molar-refractivity contribution in [2.45, 2.75) is 72.8 Å². The van der Waals surface area contributed by atoms with Crippen LogP contribution in [-0.2, 0) is 9.59 Å². The number of nitrogens with one attached hydrogen (secondary N) is 1. The molecule has 0 bridgehead atoms. The topological polar surface area (TPSA) is 76.9 Å². The van der Waals surface area contributed by atoms with Crippen molar-refractivity contribution in [1.82, 2.24) is 14.5 Å². The molecule has 1 N–H and O–H groups in total. The highest BCUT2D eigenvalue weighted by Gasteiger charge is 2.29. The smallest absolute Gasteiger partial charge is 0.228 e. The highest BCUT2D eigenvalue weighted by molar-refractivity contribution is 5.93. The summed E-state index contributed by atoms with van der Waals surface area (Å²) in [5.74, 6) is 0.447. The van der Waals surface area contributed by atoms with Crippen LogP contribution in [0.3, 0.4) is 0 Å². The fourth-order valence-corrected chi connectivity index (χ4v) is 5.02. The van der Waals surface area contributed by atoms with Crippen molar-refractivity contribution in [3.05, 3.63) is 42.1 Å². The Morgan fingerprint density at radius 1 is 1.14 bits per heavy atom. The number of ketones is 1. The van der Waals surface area contributed by atoms with Gasteiger partial charge in [0.15, 0.2) is 5.82 Å². The third kappa shape index (κ3) is 5.44. The van der Waals surface area contributed by atoms with E-state index in [2.05, 4.69) is 15.3 Å². The second-order valence-electron chi connectivity index (χ2n) is 10.5. The number of aryl methyl sites for hydroxylation is 1. The van der Waals surface area contributed by atoms with Crippen LogP contribution in [0.5, 0.6) is 0 Å². The summed E-state index contributed by atoms with van der Waals surface area (Å²) in [6.45, 7) is 9.84. The molecule has 1 amide bonds. The summed E-state index contributed by atoms with van der Waals surface area (Å²) < 4.78 is 16.8. The van der Waals surface area contributed by atoms with Gasteiger partial charge in [0.1, 0.15) is 17.1 Å². The zero-order chi connectivity index (χ0) is 25.3. The molecule has 0 unspecified atom stereocenters. The van der Waals surface area contributed by atoms with Gasteiger partial charge in [0.25, 0.3) is 0 Å². The van der Waals surface area contributed by atoms with Gasteiger partial charge in [-0.05, 0) is 80.8 Å². The van der Waals surface area contributed by atoms with Crippen molar-refractivity contribution in [3.63, 3.8) is 0 Å². The van der Waals surface area contributed by atoms with E-state index in [1.165, 1.54) is 6.07 Å². The predicted octanol–water partition coefficient (Wildman–Crippen LogP) is 6.49. The standard InChI is InChI=1S/C28H35FN4O2/c1-16(2)25(34)10-19-7-6-8-20(9-19)28(35)32-26-13-22(18(5)14-30-26)21-11-23(29)27-24(12-21)33(15-31-27)17(3)4/h11-17,19-20H,6-10H2,1-5H3,(H,30,32,35)/t19-,20+/m1/s1. The first kappa shape index (κ1) is 25.0. The van der Waals surface area contributed by atoms with Crippen LogP contribution in [-0.4, -0.2) is 26.2 Å². The Morgan fingerprint density at radius 3 is 2.63 bits per heavy atom. The number of aromatic nitrogens is 3. The molecule has 0 aliphatic heterocycles. The Balaban J connectivity index is 1.55. The van der Waals surface area contributed by atoms with Crippen LogP contribution in [0.2, 0.25) is 0 Å². The van der Waals surface area contributed by atoms with Gasteiger partial charge in [-0.25, -0.2) is 14.4 Å². The number of hydrogen-bond acceptors (Lipinski definition) is 4. The summed E-state index contributed by atoms with van der Waals surface area (Å²) >= 11 is 0. The number of nitrogens with zero attached hydrogens (tertiary/aromatic N) is 3. The summed E-state index contributed by atoms with van der Waals surface area (Å²) in [6, 6.07) is 5.40. The molecule has 6 nitrogen and oxygen atoms in total. The maximum atomic E-state index is 14.9. The highest BCUT2D eigenvalue weighted by atomic mass is 19.1. The number of Topliss-reactive ketones (excluding diaryl/α,β-unsaturated/α-hetero) is 1. The van der Waals surface area contributed by atoms with Gasteiger partial charge in [-0.15, -0.1) is 0 Å². The first-order valence-corrected chi connectivity index (χ1v) is 12.6. The molecule has 0 radical (unpaired) electrons. The Kier molecular flexibility index (Phi) is 7.33. The summed E-state index contributed by atoms with van der Waals surface area (Å²) in [7, 11) is 0. The van der Waals surface area contributed by atoms with Gasteiger partial charge in [-0.1, -0.05) is 20.3 Å². The molecule has 1 saturated carbocycles. The molecule has 0 saturated heterocycles. The lowest BCUT2D eigenvalue weighted by Crippen LogP contribution is -2.29. The number of imidazole rings is 1. The first-order valence-electron chi connectivity index (χ1n) is 12.6. The molecular formula is C28H35FN4O2. The van der Waals surface area contributed by atoms with Gasteiger partial charge in [-0.2, -0.15) is 0 Å². The average Bonchev–Trinajstić information content (AvgIpc) is 3.25. The van der Waals surface area contributed by atoms with Crippen molar-refractivity contribution in [2.75, 3.05) is 5.32 Å². The zero-order valence-corrected chi connectivity index (χ0v) is 21.3. The molecular weight excluding hydrogens is 443 g/mol. The highest BCUT2D eigenvalue weighted by Crippen LogP contribution is 2.34. The Hall–Kier alpha value is -3.09. The molecule has 2 aromatic heterocycles. The summed E-state index contributed by atoms with van der Waals surface area (Å²) in [5.41, 5.74) is 3.52. The molecule has 0 spiro atoms. The van der Waals surface area contributed by atoms with E-state index in [9.17, 15) is 14.0 Å². The molecule has 7 heteroatoms. The summed E-state index contributed by atoms with van der Waals surface area (Å²) in [6.07, 6.45) is 7.41. The number of carbonyl (C=O) groups is 2. The van der Waals surface area contributed by atoms with E-state index in [4.69, 9.17) is 0 Å². The second-order valence-corrected chi connectivity index (χ2v) is 10.5. The fourth-order valence-electron chi connectivity index (χ4n) is 5.02. The van der Waals surface area contributed by atoms with Crippen LogP contribution < -0.4 is 5.32 Å². The lowest BCUT2D eigenvalue weighted by atomic mass is 9.78. The maximum Gasteiger partial charge on any atom is 0.228 e. The number of anilines is 1. The number of amides is 1. The Bertz CT molecular complexity index is 1250. The third-order valence-corrected chi connectivity index (χ3v) is 7.14. The minimum atomic E-state index is -0.372. The van der Waals surface area contributed by atoms with Crippen molar-refractivity contribution < 1.29 is 14.0 Å². The molecule has 35 heavy (non-hydrogen) atoms. The monoisotopic (exact) mass is 478 g/mol. The van der Waals surface area contributed by atoms with E-state index < -0.39 is 0 Å². The van der Waals surface area contributed by atoms with Crippen LogP contribution >= 0.6 is 0 Å². The van der Waals surface area contributed by atoms with Gasteiger partial charge in [-0.3, -0.25) is 9.59 Å². The van der Waals surface area contributed by atoms with Crippen molar-refractivity contribution >= 4 is 28.5 Å². The van der Waals surface area contributed by atoms with Crippen LogP contribution in [0.1, 0.15) is 71.4 Å². The number of rotatable bonds is 7. The Morgan fingerprint density at radius 2 is 1.91 bits per heavy atom. The second kappa shape index (κ2) is 10.3.